The van der Waals surface area contributed by atoms with Gasteiger partial charge in [0, 0.05) is 12.5 Å². The molecule has 1 aromatic heterocycles. The Morgan fingerprint density at radius 1 is 1.70 bits per heavy atom. The highest BCUT2D eigenvalue weighted by atomic mass is 127. The standard InChI is InChI=1S/C7H10INO/c1-5(9)4-6-2-3-7(8)10-6/h2-3,5H,4,9H2,1H3. The SMILES string of the molecule is CC(N)Cc1ccc(I)o1. The number of rotatable bonds is 2. The lowest BCUT2D eigenvalue weighted by Crippen LogP contribution is -2.17. The molecule has 0 saturated carbocycles. The van der Waals surface area contributed by atoms with Crippen molar-refractivity contribution in [3.63, 3.8) is 0 Å². The number of furan rings is 1. The van der Waals surface area contributed by atoms with Gasteiger partial charge in [-0.1, -0.05) is 0 Å². The summed E-state index contributed by atoms with van der Waals surface area (Å²) in [6.45, 7) is 1.97. The summed E-state index contributed by atoms with van der Waals surface area (Å²) in [5.74, 6) is 0.972. The molecule has 56 valence electrons. The van der Waals surface area contributed by atoms with Crippen molar-refractivity contribution in [1.82, 2.24) is 0 Å². The molecule has 0 saturated heterocycles. The van der Waals surface area contributed by atoms with Crippen LogP contribution < -0.4 is 5.73 Å². The Morgan fingerprint density at radius 2 is 2.40 bits per heavy atom. The number of hydrogen-bond donors (Lipinski definition) is 1. The van der Waals surface area contributed by atoms with Crippen LogP contribution in [0.5, 0.6) is 0 Å². The lowest BCUT2D eigenvalue weighted by atomic mass is 10.2. The van der Waals surface area contributed by atoms with Crippen molar-refractivity contribution >= 4 is 22.6 Å². The maximum absolute atomic E-state index is 5.57. The summed E-state index contributed by atoms with van der Waals surface area (Å²) in [4.78, 5) is 0. The molecular weight excluding hydrogens is 241 g/mol. The van der Waals surface area contributed by atoms with Gasteiger partial charge in [-0.3, -0.25) is 0 Å². The van der Waals surface area contributed by atoms with E-state index in [-0.39, 0.29) is 6.04 Å². The third kappa shape index (κ3) is 2.30. The normalized spacial score (nSPS) is 13.5. The van der Waals surface area contributed by atoms with Crippen LogP contribution in [0.25, 0.3) is 0 Å². The van der Waals surface area contributed by atoms with E-state index in [1.807, 2.05) is 19.1 Å². The molecule has 1 rings (SSSR count). The lowest BCUT2D eigenvalue weighted by molar-refractivity contribution is 0.471. The van der Waals surface area contributed by atoms with Crippen molar-refractivity contribution in [3.8, 4) is 0 Å². The van der Waals surface area contributed by atoms with Gasteiger partial charge in [-0.15, -0.1) is 0 Å². The first kappa shape index (κ1) is 8.07. The highest BCUT2D eigenvalue weighted by molar-refractivity contribution is 14.1. The second-order valence-corrected chi connectivity index (χ2v) is 3.45. The fraction of sp³-hybridized carbons (Fsp3) is 0.429. The van der Waals surface area contributed by atoms with Gasteiger partial charge in [-0.05, 0) is 41.6 Å². The molecule has 0 aromatic carbocycles. The molecule has 0 radical (unpaired) electrons. The first-order valence-corrected chi connectivity index (χ1v) is 4.26. The highest BCUT2D eigenvalue weighted by Gasteiger charge is 2.01. The fourth-order valence-electron chi connectivity index (χ4n) is 0.779. The molecule has 1 aromatic rings. The zero-order chi connectivity index (χ0) is 7.56. The molecule has 0 spiro atoms. The van der Waals surface area contributed by atoms with Gasteiger partial charge < -0.3 is 10.2 Å². The van der Waals surface area contributed by atoms with E-state index in [4.69, 9.17) is 10.2 Å². The van der Waals surface area contributed by atoms with Crippen molar-refractivity contribution in [2.75, 3.05) is 0 Å². The molecule has 1 atom stereocenters. The highest BCUT2D eigenvalue weighted by Crippen LogP contribution is 2.10. The second-order valence-electron chi connectivity index (χ2n) is 2.39. The monoisotopic (exact) mass is 251 g/mol. The molecule has 1 unspecified atom stereocenters. The van der Waals surface area contributed by atoms with E-state index < -0.39 is 0 Å². The van der Waals surface area contributed by atoms with Gasteiger partial charge in [0.2, 0.25) is 0 Å². The van der Waals surface area contributed by atoms with Crippen LogP contribution in [0.15, 0.2) is 16.5 Å². The fourth-order valence-corrected chi connectivity index (χ4v) is 1.24. The quantitative estimate of drug-likeness (QED) is 0.813. The maximum atomic E-state index is 5.57. The topological polar surface area (TPSA) is 39.2 Å². The van der Waals surface area contributed by atoms with Crippen LogP contribution in [-0.4, -0.2) is 6.04 Å². The summed E-state index contributed by atoms with van der Waals surface area (Å²) in [5, 5.41) is 0. The Labute approximate surface area is 73.9 Å². The van der Waals surface area contributed by atoms with Crippen molar-refractivity contribution in [3.05, 3.63) is 21.7 Å². The van der Waals surface area contributed by atoms with Gasteiger partial charge in [-0.25, -0.2) is 0 Å². The van der Waals surface area contributed by atoms with Crippen LogP contribution in [0.1, 0.15) is 12.7 Å². The van der Waals surface area contributed by atoms with Crippen LogP contribution in [0.4, 0.5) is 0 Å². The molecule has 1 heterocycles. The summed E-state index contributed by atoms with van der Waals surface area (Å²) >= 11 is 2.14. The van der Waals surface area contributed by atoms with E-state index in [2.05, 4.69) is 22.6 Å². The van der Waals surface area contributed by atoms with E-state index in [1.54, 1.807) is 0 Å². The number of nitrogens with two attached hydrogens (primary N) is 1. The zero-order valence-electron chi connectivity index (χ0n) is 5.80. The predicted octanol–water partition coefficient (Wildman–Crippen LogP) is 1.77. The molecule has 0 aliphatic carbocycles. The summed E-state index contributed by atoms with van der Waals surface area (Å²) in [6.07, 6.45) is 0.822. The zero-order valence-corrected chi connectivity index (χ0v) is 7.96. The number of halogens is 1. The molecule has 0 fully saturated rings. The average Bonchev–Trinajstić information content (AvgIpc) is 2.13. The van der Waals surface area contributed by atoms with Gasteiger partial charge in [-0.2, -0.15) is 0 Å². The smallest absolute Gasteiger partial charge is 0.163 e. The maximum Gasteiger partial charge on any atom is 0.163 e. The van der Waals surface area contributed by atoms with Crippen LogP contribution >= 0.6 is 22.6 Å². The van der Waals surface area contributed by atoms with Crippen LogP contribution in [0.3, 0.4) is 0 Å². The Kier molecular flexibility index (Phi) is 2.73. The van der Waals surface area contributed by atoms with E-state index in [1.165, 1.54) is 0 Å². The van der Waals surface area contributed by atoms with Crippen molar-refractivity contribution in [2.24, 2.45) is 5.73 Å². The van der Waals surface area contributed by atoms with E-state index >= 15 is 0 Å². The molecule has 2 nitrogen and oxygen atoms in total. The molecule has 10 heavy (non-hydrogen) atoms. The molecule has 0 aliphatic rings. The van der Waals surface area contributed by atoms with E-state index in [9.17, 15) is 0 Å². The molecule has 0 amide bonds. The average molecular weight is 251 g/mol. The Morgan fingerprint density at radius 3 is 2.80 bits per heavy atom. The van der Waals surface area contributed by atoms with E-state index in [0.29, 0.717) is 0 Å². The minimum atomic E-state index is 0.182. The van der Waals surface area contributed by atoms with Crippen LogP contribution in [-0.2, 0) is 6.42 Å². The van der Waals surface area contributed by atoms with Gasteiger partial charge in [0.15, 0.2) is 3.77 Å². The lowest BCUT2D eigenvalue weighted by Gasteiger charge is -1.98. The van der Waals surface area contributed by atoms with Gasteiger partial charge in [0.1, 0.15) is 5.76 Å². The van der Waals surface area contributed by atoms with Crippen molar-refractivity contribution < 1.29 is 4.42 Å². The third-order valence-corrected chi connectivity index (χ3v) is 1.73. The summed E-state index contributed by atoms with van der Waals surface area (Å²) < 4.78 is 6.23. The first-order valence-electron chi connectivity index (χ1n) is 3.18. The van der Waals surface area contributed by atoms with Crippen LogP contribution in [0, 0.1) is 3.77 Å². The molecule has 3 heteroatoms. The summed E-state index contributed by atoms with van der Waals surface area (Å²) in [5.41, 5.74) is 5.57. The minimum absolute atomic E-state index is 0.182. The van der Waals surface area contributed by atoms with Crippen molar-refractivity contribution in [1.29, 1.82) is 0 Å². The Bertz CT molecular complexity index is 207. The second kappa shape index (κ2) is 3.39. The molecule has 2 N–H and O–H groups in total. The van der Waals surface area contributed by atoms with E-state index in [0.717, 1.165) is 15.9 Å². The largest absolute Gasteiger partial charge is 0.455 e. The first-order chi connectivity index (χ1) is 4.68. The molecule has 0 bridgehead atoms. The van der Waals surface area contributed by atoms with Gasteiger partial charge in [0.05, 0.1) is 0 Å². The minimum Gasteiger partial charge on any atom is -0.455 e. The van der Waals surface area contributed by atoms with Crippen molar-refractivity contribution in [2.45, 2.75) is 19.4 Å². The molecular formula is C7H10INO. The van der Waals surface area contributed by atoms with Gasteiger partial charge >= 0.3 is 0 Å². The predicted molar refractivity (Wildman–Crippen MR) is 48.8 cm³/mol. The summed E-state index contributed by atoms with van der Waals surface area (Å²) in [7, 11) is 0. The third-order valence-electron chi connectivity index (χ3n) is 1.15. The Balaban J connectivity index is 2.58. The molecule has 0 aliphatic heterocycles. The van der Waals surface area contributed by atoms with Gasteiger partial charge in [0.25, 0.3) is 0 Å². The number of hydrogen-bond acceptors (Lipinski definition) is 2. The Hall–Kier alpha value is -0.0300. The van der Waals surface area contributed by atoms with Crippen LogP contribution in [0.2, 0.25) is 0 Å². The summed E-state index contributed by atoms with van der Waals surface area (Å²) in [6, 6.07) is 4.09.